The molecule has 0 aliphatic rings. The fraction of sp³-hybridized carbons (Fsp3) is 0.0526. The maximum atomic E-state index is 12.5. The second kappa shape index (κ2) is 8.01. The van der Waals surface area contributed by atoms with Gasteiger partial charge in [0.05, 0.1) is 6.04 Å². The summed E-state index contributed by atoms with van der Waals surface area (Å²) < 4.78 is 0. The first-order valence-corrected chi connectivity index (χ1v) is 8.38. The number of halogens is 2. The van der Waals surface area contributed by atoms with Crippen LogP contribution in [0.3, 0.4) is 0 Å². The quantitative estimate of drug-likeness (QED) is 0.611. The average molecular weight is 372 g/mol. The van der Waals surface area contributed by atoms with Crippen LogP contribution in [0.15, 0.2) is 72.8 Å². The van der Waals surface area contributed by atoms with Crippen molar-refractivity contribution in [1.29, 1.82) is 0 Å². The van der Waals surface area contributed by atoms with Gasteiger partial charge in [0.25, 0.3) is 0 Å². The molecule has 1 heterocycles. The van der Waals surface area contributed by atoms with Crippen LogP contribution < -0.4 is 10.6 Å². The van der Waals surface area contributed by atoms with Crippen molar-refractivity contribution in [3.63, 3.8) is 0 Å². The number of benzene rings is 2. The molecule has 0 aliphatic heterocycles. The zero-order valence-corrected chi connectivity index (χ0v) is 14.6. The molecule has 126 valence electrons. The lowest BCUT2D eigenvalue weighted by Gasteiger charge is -2.20. The number of carbonyl (C=O) groups is 1. The fourth-order valence-corrected chi connectivity index (χ4v) is 2.95. The summed E-state index contributed by atoms with van der Waals surface area (Å²) in [6.07, 6.45) is 0. The topological polar surface area (TPSA) is 54.0 Å². The molecule has 0 unspecified atom stereocenters. The predicted octanol–water partition coefficient (Wildman–Crippen LogP) is 5.30. The molecular formula is C19H15Cl2N3O. The van der Waals surface area contributed by atoms with Crippen LogP contribution in [0.2, 0.25) is 10.3 Å². The third-order valence-electron chi connectivity index (χ3n) is 3.56. The van der Waals surface area contributed by atoms with E-state index in [2.05, 4.69) is 15.6 Å². The Morgan fingerprint density at radius 1 is 0.840 bits per heavy atom. The number of rotatable bonds is 4. The summed E-state index contributed by atoms with van der Waals surface area (Å²) in [5, 5.41) is 6.14. The first kappa shape index (κ1) is 17.3. The van der Waals surface area contributed by atoms with Gasteiger partial charge in [0.2, 0.25) is 0 Å². The zero-order chi connectivity index (χ0) is 17.6. The summed E-state index contributed by atoms with van der Waals surface area (Å²) in [6.45, 7) is 0. The second-order valence-electron chi connectivity index (χ2n) is 5.35. The van der Waals surface area contributed by atoms with E-state index in [1.54, 1.807) is 0 Å². The van der Waals surface area contributed by atoms with Crippen molar-refractivity contribution in [3.8, 4) is 0 Å². The summed E-state index contributed by atoms with van der Waals surface area (Å²) in [5.41, 5.74) is 2.44. The molecule has 0 atom stereocenters. The molecule has 2 amide bonds. The van der Waals surface area contributed by atoms with Crippen LogP contribution >= 0.6 is 23.2 Å². The lowest BCUT2D eigenvalue weighted by Crippen LogP contribution is -2.33. The first-order valence-electron chi connectivity index (χ1n) is 7.62. The lowest BCUT2D eigenvalue weighted by atomic mass is 9.99. The van der Waals surface area contributed by atoms with E-state index in [9.17, 15) is 4.79 Å². The molecule has 2 N–H and O–H groups in total. The van der Waals surface area contributed by atoms with E-state index in [1.165, 1.54) is 12.1 Å². The molecule has 0 aliphatic carbocycles. The summed E-state index contributed by atoms with van der Waals surface area (Å²) in [6, 6.07) is 21.9. The Hall–Kier alpha value is -2.56. The molecule has 0 saturated carbocycles. The Labute approximate surface area is 155 Å². The fourth-order valence-electron chi connectivity index (χ4n) is 2.49. The molecule has 3 rings (SSSR count). The van der Waals surface area contributed by atoms with Crippen molar-refractivity contribution in [3.05, 3.63) is 94.2 Å². The van der Waals surface area contributed by atoms with Crippen molar-refractivity contribution in [2.75, 3.05) is 5.32 Å². The Kier molecular flexibility index (Phi) is 5.53. The molecule has 6 heteroatoms. The number of amides is 2. The van der Waals surface area contributed by atoms with Gasteiger partial charge in [-0.05, 0) is 23.3 Å². The molecular weight excluding hydrogens is 357 g/mol. The van der Waals surface area contributed by atoms with Gasteiger partial charge in [-0.1, -0.05) is 83.9 Å². The Morgan fingerprint density at radius 3 is 1.80 bits per heavy atom. The summed E-state index contributed by atoms with van der Waals surface area (Å²) in [5.74, 6) is 0. The predicted molar refractivity (Wildman–Crippen MR) is 101 cm³/mol. The van der Waals surface area contributed by atoms with Gasteiger partial charge in [0.1, 0.15) is 10.3 Å². The van der Waals surface area contributed by atoms with Crippen LogP contribution in [0, 0.1) is 0 Å². The van der Waals surface area contributed by atoms with Crippen molar-refractivity contribution in [2.45, 2.75) is 6.04 Å². The van der Waals surface area contributed by atoms with E-state index in [-0.39, 0.29) is 22.4 Å². The number of aromatic nitrogens is 1. The molecule has 4 nitrogen and oxygen atoms in total. The van der Waals surface area contributed by atoms with Gasteiger partial charge in [0.15, 0.2) is 0 Å². The minimum atomic E-state index is -0.365. The van der Waals surface area contributed by atoms with Gasteiger partial charge in [-0.25, -0.2) is 9.78 Å². The molecule has 0 saturated heterocycles. The Morgan fingerprint density at radius 2 is 1.32 bits per heavy atom. The third kappa shape index (κ3) is 4.72. The maximum Gasteiger partial charge on any atom is 0.319 e. The van der Waals surface area contributed by atoms with E-state index in [4.69, 9.17) is 23.2 Å². The van der Waals surface area contributed by atoms with Gasteiger partial charge in [-0.15, -0.1) is 0 Å². The largest absolute Gasteiger partial charge is 0.327 e. The van der Waals surface area contributed by atoms with Crippen LogP contribution in [0.5, 0.6) is 0 Å². The lowest BCUT2D eigenvalue weighted by molar-refractivity contribution is 0.250. The van der Waals surface area contributed by atoms with Crippen LogP contribution in [0.25, 0.3) is 0 Å². The molecule has 0 spiro atoms. The van der Waals surface area contributed by atoms with Crippen LogP contribution in [-0.2, 0) is 0 Å². The Balaban J connectivity index is 1.81. The van der Waals surface area contributed by atoms with Crippen molar-refractivity contribution < 1.29 is 4.79 Å². The zero-order valence-electron chi connectivity index (χ0n) is 13.1. The number of urea groups is 1. The van der Waals surface area contributed by atoms with Crippen LogP contribution in [0.4, 0.5) is 10.5 Å². The van der Waals surface area contributed by atoms with Gasteiger partial charge in [-0.3, -0.25) is 0 Å². The smallest absolute Gasteiger partial charge is 0.319 e. The standard InChI is InChI=1S/C19H15Cl2N3O/c20-16-11-15(12-17(21)23-16)22-19(25)24-18(13-7-3-1-4-8-13)14-9-5-2-6-10-14/h1-12,18H,(H2,22,23,24,25). The van der Waals surface area contributed by atoms with Gasteiger partial charge in [-0.2, -0.15) is 0 Å². The van der Waals surface area contributed by atoms with Gasteiger partial charge >= 0.3 is 6.03 Å². The van der Waals surface area contributed by atoms with Crippen molar-refractivity contribution >= 4 is 34.9 Å². The number of nitrogens with zero attached hydrogens (tertiary/aromatic N) is 1. The summed E-state index contributed by atoms with van der Waals surface area (Å²) >= 11 is 11.7. The molecule has 0 fully saturated rings. The Bertz CT molecular complexity index is 797. The highest BCUT2D eigenvalue weighted by atomic mass is 35.5. The number of nitrogens with one attached hydrogen (secondary N) is 2. The molecule has 3 aromatic rings. The average Bonchev–Trinajstić information content (AvgIpc) is 2.60. The maximum absolute atomic E-state index is 12.5. The van der Waals surface area contributed by atoms with Crippen LogP contribution in [0.1, 0.15) is 17.2 Å². The molecule has 2 aromatic carbocycles. The van der Waals surface area contributed by atoms with E-state index < -0.39 is 0 Å². The highest BCUT2D eigenvalue weighted by Gasteiger charge is 2.16. The monoisotopic (exact) mass is 371 g/mol. The summed E-state index contributed by atoms with van der Waals surface area (Å²) in [7, 11) is 0. The van der Waals surface area contributed by atoms with Crippen LogP contribution in [-0.4, -0.2) is 11.0 Å². The molecule has 0 bridgehead atoms. The summed E-state index contributed by atoms with van der Waals surface area (Å²) in [4.78, 5) is 16.3. The number of anilines is 1. The minimum absolute atomic E-state index is 0.213. The van der Waals surface area contributed by atoms with E-state index in [1.807, 2.05) is 60.7 Å². The number of hydrogen-bond donors (Lipinski definition) is 2. The normalized spacial score (nSPS) is 10.5. The molecule has 1 aromatic heterocycles. The molecule has 0 radical (unpaired) electrons. The number of pyridine rings is 1. The van der Waals surface area contributed by atoms with E-state index in [0.29, 0.717) is 5.69 Å². The first-order chi connectivity index (χ1) is 12.1. The van der Waals surface area contributed by atoms with E-state index in [0.717, 1.165) is 11.1 Å². The highest BCUT2D eigenvalue weighted by Crippen LogP contribution is 2.23. The minimum Gasteiger partial charge on any atom is -0.327 e. The number of hydrogen-bond acceptors (Lipinski definition) is 2. The highest BCUT2D eigenvalue weighted by molar-refractivity contribution is 6.32. The molecule has 25 heavy (non-hydrogen) atoms. The second-order valence-corrected chi connectivity index (χ2v) is 6.13. The van der Waals surface area contributed by atoms with Crippen molar-refractivity contribution in [2.24, 2.45) is 0 Å². The van der Waals surface area contributed by atoms with Crippen molar-refractivity contribution in [1.82, 2.24) is 10.3 Å². The van der Waals surface area contributed by atoms with Gasteiger partial charge < -0.3 is 10.6 Å². The van der Waals surface area contributed by atoms with Gasteiger partial charge in [0, 0.05) is 5.69 Å². The third-order valence-corrected chi connectivity index (χ3v) is 3.95. The number of carbonyl (C=O) groups excluding carboxylic acids is 1. The van der Waals surface area contributed by atoms with E-state index >= 15 is 0 Å². The SMILES string of the molecule is O=C(Nc1cc(Cl)nc(Cl)c1)NC(c1ccccc1)c1ccccc1.